The van der Waals surface area contributed by atoms with Crippen molar-refractivity contribution in [2.24, 2.45) is 0 Å². The molecule has 0 fully saturated rings. The minimum atomic E-state index is -1.67. The molecule has 0 aromatic heterocycles. The zero-order chi connectivity index (χ0) is 17.3. The summed E-state index contributed by atoms with van der Waals surface area (Å²) in [5.74, 6) is -1.35. The first kappa shape index (κ1) is 20.8. The van der Waals surface area contributed by atoms with Gasteiger partial charge in [-0.15, -0.1) is 0 Å². The van der Waals surface area contributed by atoms with Crippen molar-refractivity contribution in [3.63, 3.8) is 0 Å². The smallest absolute Gasteiger partial charge is 0.331 e. The molecule has 0 radical (unpaired) electrons. The monoisotopic (exact) mass is 331 g/mol. The van der Waals surface area contributed by atoms with Gasteiger partial charge in [0.2, 0.25) is 0 Å². The van der Waals surface area contributed by atoms with Crippen molar-refractivity contribution in [1.29, 1.82) is 0 Å². The lowest BCUT2D eigenvalue weighted by atomic mass is 10.0. The number of quaternary nitrogens is 1. The highest BCUT2D eigenvalue weighted by molar-refractivity contribution is 7.50. The summed E-state index contributed by atoms with van der Waals surface area (Å²) in [6.07, 6.45) is 1.83. The average molecular weight is 331 g/mol. The van der Waals surface area contributed by atoms with Gasteiger partial charge in [-0.3, -0.25) is 0 Å². The third-order valence-electron chi connectivity index (χ3n) is 3.14. The summed E-state index contributed by atoms with van der Waals surface area (Å²) in [6, 6.07) is 0. The molecule has 1 atom stereocenters. The van der Waals surface area contributed by atoms with Crippen LogP contribution in [0.2, 0.25) is 0 Å². The number of aliphatic carboxylic acids is 2. The lowest BCUT2D eigenvalue weighted by Crippen LogP contribution is -2.36. The van der Waals surface area contributed by atoms with E-state index in [1.54, 1.807) is 0 Å². The molecule has 6 nitrogen and oxygen atoms in total. The van der Waals surface area contributed by atoms with Gasteiger partial charge in [-0.05, 0) is 18.4 Å². The third-order valence-corrected chi connectivity index (χ3v) is 4.37. The maximum Gasteiger partial charge on any atom is 0.331 e. The fourth-order valence-electron chi connectivity index (χ4n) is 1.75. The SMILES string of the molecule is CCCC/C(C(=O)O)=C(\CC=[P+]([O-])CC[N+](C)(C)C)C(=O)[O-]. The predicted molar refractivity (Wildman–Crippen MR) is 84.6 cm³/mol. The van der Waals surface area contributed by atoms with Crippen LogP contribution in [0.1, 0.15) is 32.6 Å². The van der Waals surface area contributed by atoms with Crippen LogP contribution < -0.4 is 10.00 Å². The summed E-state index contributed by atoms with van der Waals surface area (Å²) in [4.78, 5) is 34.3. The van der Waals surface area contributed by atoms with E-state index in [9.17, 15) is 19.6 Å². The topological polar surface area (TPSA) is 100 Å². The summed E-state index contributed by atoms with van der Waals surface area (Å²) in [5, 5.41) is 20.3. The van der Waals surface area contributed by atoms with E-state index in [4.69, 9.17) is 5.11 Å². The van der Waals surface area contributed by atoms with Crippen LogP contribution in [0.3, 0.4) is 0 Å². The Balaban J connectivity index is 5.10. The molecule has 0 aromatic rings. The lowest BCUT2D eigenvalue weighted by molar-refractivity contribution is -0.867. The van der Waals surface area contributed by atoms with E-state index in [1.807, 2.05) is 28.1 Å². The van der Waals surface area contributed by atoms with Crippen molar-refractivity contribution in [2.45, 2.75) is 32.6 Å². The Hall–Kier alpha value is -1.23. The van der Waals surface area contributed by atoms with Gasteiger partial charge >= 0.3 is 5.97 Å². The molecule has 1 N–H and O–H groups in total. The molecule has 0 aliphatic heterocycles. The van der Waals surface area contributed by atoms with Crippen molar-refractivity contribution in [3.05, 3.63) is 11.1 Å². The van der Waals surface area contributed by atoms with Gasteiger partial charge in [-0.1, -0.05) is 13.3 Å². The molecule has 0 amide bonds. The highest BCUT2D eigenvalue weighted by Crippen LogP contribution is 2.18. The van der Waals surface area contributed by atoms with Crippen LogP contribution in [-0.2, 0) is 9.59 Å². The third kappa shape index (κ3) is 8.93. The Morgan fingerprint density at radius 2 is 1.82 bits per heavy atom. The summed E-state index contributed by atoms with van der Waals surface area (Å²) < 4.78 is 0.662. The van der Waals surface area contributed by atoms with E-state index >= 15 is 0 Å². The van der Waals surface area contributed by atoms with Gasteiger partial charge in [-0.25, -0.2) is 4.79 Å². The molecule has 0 rings (SSSR count). The summed E-state index contributed by atoms with van der Waals surface area (Å²) in [7, 11) is 4.26. The van der Waals surface area contributed by atoms with Gasteiger partial charge in [0.05, 0.1) is 40.7 Å². The Labute approximate surface area is 133 Å². The molecule has 126 valence electrons. The van der Waals surface area contributed by atoms with Crippen LogP contribution >= 0.6 is 7.77 Å². The van der Waals surface area contributed by atoms with E-state index in [0.29, 0.717) is 23.6 Å². The van der Waals surface area contributed by atoms with Gasteiger partial charge in [0.15, 0.2) is 6.16 Å². The molecule has 0 aliphatic rings. The molecule has 0 spiro atoms. The van der Waals surface area contributed by atoms with Gasteiger partial charge < -0.3 is 24.4 Å². The van der Waals surface area contributed by atoms with Crippen molar-refractivity contribution < 1.29 is 29.2 Å². The summed E-state index contributed by atoms with van der Waals surface area (Å²) in [5.41, 5.74) is -0.414. The zero-order valence-electron chi connectivity index (χ0n) is 13.8. The van der Waals surface area contributed by atoms with Gasteiger partial charge in [0, 0.05) is 12.0 Å². The van der Waals surface area contributed by atoms with E-state index in [0.717, 1.165) is 6.42 Å². The Bertz CT molecular complexity index is 463. The quantitative estimate of drug-likeness (QED) is 0.344. The maximum absolute atomic E-state index is 11.9. The minimum absolute atomic E-state index is 0.139. The van der Waals surface area contributed by atoms with Crippen molar-refractivity contribution >= 4 is 25.5 Å². The van der Waals surface area contributed by atoms with E-state index in [2.05, 4.69) is 0 Å². The van der Waals surface area contributed by atoms with Crippen LogP contribution in [0.4, 0.5) is 0 Å². The molecule has 0 saturated heterocycles. The van der Waals surface area contributed by atoms with Crippen LogP contribution in [0, 0.1) is 0 Å². The lowest BCUT2D eigenvalue weighted by Gasteiger charge is -2.22. The first-order valence-corrected chi connectivity index (χ1v) is 8.84. The standard InChI is InChI=1S/C15H26NO5P/c1-5-6-7-12(14(17)18)13(15(19)20)8-10-22(21)11-9-16(2,3)4/h10H,5-9,11H2,1-4H3,(H-,17,18,19,20)/b13-12-. The first-order valence-electron chi connectivity index (χ1n) is 7.32. The number of carboxylic acids is 2. The predicted octanol–water partition coefficient (Wildman–Crippen LogP) is -0.0366. The van der Waals surface area contributed by atoms with E-state index < -0.39 is 19.7 Å². The number of hydrogen-bond acceptors (Lipinski definition) is 4. The van der Waals surface area contributed by atoms with Crippen LogP contribution in [0.25, 0.3) is 0 Å². The van der Waals surface area contributed by atoms with Gasteiger partial charge in [0.25, 0.3) is 0 Å². The second kappa shape index (κ2) is 9.72. The highest BCUT2D eigenvalue weighted by atomic mass is 31.1. The number of nitrogens with zero attached hydrogens (tertiary/aromatic N) is 1. The Morgan fingerprint density at radius 3 is 2.23 bits per heavy atom. The minimum Gasteiger partial charge on any atom is -0.631 e. The number of unbranched alkanes of at least 4 members (excludes halogenated alkanes) is 1. The zero-order valence-corrected chi connectivity index (χ0v) is 14.7. The average Bonchev–Trinajstić information content (AvgIpc) is 2.38. The van der Waals surface area contributed by atoms with Crippen LogP contribution in [-0.4, -0.2) is 61.2 Å². The van der Waals surface area contributed by atoms with Crippen molar-refractivity contribution in [1.82, 2.24) is 0 Å². The number of carbonyl (C=O) groups excluding carboxylic acids is 1. The largest absolute Gasteiger partial charge is 0.631 e. The number of carbonyl (C=O) groups is 2. The second-order valence-electron chi connectivity index (χ2n) is 6.19. The molecular weight excluding hydrogens is 305 g/mol. The highest BCUT2D eigenvalue weighted by Gasteiger charge is 2.16. The van der Waals surface area contributed by atoms with Crippen LogP contribution in [0.15, 0.2) is 11.1 Å². The van der Waals surface area contributed by atoms with Gasteiger partial charge in [0.1, 0.15) is 6.54 Å². The molecular formula is C15H26NO5P. The van der Waals surface area contributed by atoms with Crippen molar-refractivity contribution in [3.8, 4) is 0 Å². The van der Waals surface area contributed by atoms with Crippen molar-refractivity contribution in [2.75, 3.05) is 33.8 Å². The summed E-state index contributed by atoms with van der Waals surface area (Å²) >= 11 is 0. The van der Waals surface area contributed by atoms with E-state index in [-0.39, 0.29) is 24.0 Å². The maximum atomic E-state index is 11.9. The van der Waals surface area contributed by atoms with Crippen LogP contribution in [0.5, 0.6) is 0 Å². The number of hydrogen-bond donors (Lipinski definition) is 1. The Morgan fingerprint density at radius 1 is 1.23 bits per heavy atom. The van der Waals surface area contributed by atoms with Gasteiger partial charge in [-0.2, -0.15) is 0 Å². The second-order valence-corrected chi connectivity index (χ2v) is 7.84. The molecule has 22 heavy (non-hydrogen) atoms. The molecule has 7 heteroatoms. The fourth-order valence-corrected chi connectivity index (χ4v) is 3.12. The normalized spacial score (nSPS) is 13.8. The fraction of sp³-hybridized carbons (Fsp3) is 0.667. The Kier molecular flexibility index (Phi) is 9.18. The summed E-state index contributed by atoms with van der Waals surface area (Å²) in [6.45, 7) is 2.59. The number of carboxylic acid groups (broad SMARTS) is 2. The number of rotatable bonds is 10. The molecule has 0 aromatic carbocycles. The molecule has 1 unspecified atom stereocenters. The molecule has 0 aliphatic carbocycles. The first-order chi connectivity index (χ1) is 10.1. The molecule has 0 bridgehead atoms. The van der Waals surface area contributed by atoms with E-state index in [1.165, 1.54) is 5.80 Å². The molecule has 0 heterocycles. The molecule has 0 saturated carbocycles.